The minimum atomic E-state index is -0.0468. The van der Waals surface area contributed by atoms with Gasteiger partial charge in [0.2, 0.25) is 5.91 Å². The number of carbonyl (C=O) groups is 2. The topological polar surface area (TPSA) is 40.6 Å². The van der Waals surface area contributed by atoms with Gasteiger partial charge in [-0.15, -0.1) is 0 Å². The summed E-state index contributed by atoms with van der Waals surface area (Å²) in [7, 11) is 0. The van der Waals surface area contributed by atoms with E-state index in [0.717, 1.165) is 5.56 Å². The lowest BCUT2D eigenvalue weighted by atomic mass is 10.1. The van der Waals surface area contributed by atoms with Gasteiger partial charge in [0.1, 0.15) is 0 Å². The molecule has 128 valence electrons. The molecule has 1 saturated heterocycles. The van der Waals surface area contributed by atoms with Gasteiger partial charge in [-0.25, -0.2) is 0 Å². The molecule has 1 aliphatic heterocycles. The molecule has 3 rings (SSSR count). The van der Waals surface area contributed by atoms with Crippen molar-refractivity contribution in [1.82, 2.24) is 9.80 Å². The second-order valence-corrected chi connectivity index (χ2v) is 6.31. The molecule has 0 radical (unpaired) electrons. The highest BCUT2D eigenvalue weighted by Crippen LogP contribution is 2.14. The molecular formula is C20H19ClN2O2. The summed E-state index contributed by atoms with van der Waals surface area (Å²) in [6, 6.07) is 16.6. The SMILES string of the molecule is O=C(/C=C/c1ccccc1)N1CCN(C(=O)c2cccc(Cl)c2)CC1. The largest absolute Gasteiger partial charge is 0.336 e. The zero-order valence-electron chi connectivity index (χ0n) is 13.8. The summed E-state index contributed by atoms with van der Waals surface area (Å²) in [5.41, 5.74) is 1.57. The third kappa shape index (κ3) is 4.48. The van der Waals surface area contributed by atoms with E-state index in [1.807, 2.05) is 36.4 Å². The fourth-order valence-corrected chi connectivity index (χ4v) is 2.96. The smallest absolute Gasteiger partial charge is 0.254 e. The van der Waals surface area contributed by atoms with Crippen LogP contribution >= 0.6 is 11.6 Å². The summed E-state index contributed by atoms with van der Waals surface area (Å²) in [5, 5.41) is 0.547. The molecule has 1 heterocycles. The predicted molar refractivity (Wildman–Crippen MR) is 99.4 cm³/mol. The molecule has 2 aromatic rings. The summed E-state index contributed by atoms with van der Waals surface area (Å²) < 4.78 is 0. The van der Waals surface area contributed by atoms with Gasteiger partial charge in [0.25, 0.3) is 5.91 Å². The molecule has 1 fully saturated rings. The molecular weight excluding hydrogens is 336 g/mol. The van der Waals surface area contributed by atoms with Crippen LogP contribution in [0.2, 0.25) is 5.02 Å². The highest BCUT2D eigenvalue weighted by atomic mass is 35.5. The quantitative estimate of drug-likeness (QED) is 0.793. The van der Waals surface area contributed by atoms with E-state index in [1.165, 1.54) is 0 Å². The van der Waals surface area contributed by atoms with Crippen LogP contribution in [0.15, 0.2) is 60.7 Å². The van der Waals surface area contributed by atoms with Crippen LogP contribution < -0.4 is 0 Å². The maximum Gasteiger partial charge on any atom is 0.254 e. The number of nitrogens with zero attached hydrogens (tertiary/aromatic N) is 2. The number of carbonyl (C=O) groups excluding carboxylic acids is 2. The lowest BCUT2D eigenvalue weighted by Crippen LogP contribution is -2.50. The molecule has 0 N–H and O–H groups in total. The van der Waals surface area contributed by atoms with Crippen molar-refractivity contribution in [2.24, 2.45) is 0 Å². The average Bonchev–Trinajstić information content (AvgIpc) is 2.66. The number of hydrogen-bond acceptors (Lipinski definition) is 2. The van der Waals surface area contributed by atoms with Gasteiger partial charge in [0, 0.05) is 42.8 Å². The molecule has 1 aliphatic rings. The van der Waals surface area contributed by atoms with Gasteiger partial charge >= 0.3 is 0 Å². The zero-order chi connectivity index (χ0) is 17.6. The summed E-state index contributed by atoms with van der Waals surface area (Å²) in [5.74, 6) is -0.0758. The fraction of sp³-hybridized carbons (Fsp3) is 0.200. The zero-order valence-corrected chi connectivity index (χ0v) is 14.5. The number of hydrogen-bond donors (Lipinski definition) is 0. The first-order valence-corrected chi connectivity index (χ1v) is 8.58. The first kappa shape index (κ1) is 17.2. The lowest BCUT2D eigenvalue weighted by Gasteiger charge is -2.34. The van der Waals surface area contributed by atoms with E-state index in [4.69, 9.17) is 11.6 Å². The van der Waals surface area contributed by atoms with Crippen molar-refractivity contribution in [3.8, 4) is 0 Å². The Hall–Kier alpha value is -2.59. The van der Waals surface area contributed by atoms with E-state index in [9.17, 15) is 9.59 Å². The van der Waals surface area contributed by atoms with E-state index < -0.39 is 0 Å². The summed E-state index contributed by atoms with van der Waals surface area (Å²) in [4.78, 5) is 28.3. The monoisotopic (exact) mass is 354 g/mol. The Balaban J connectivity index is 1.55. The molecule has 2 aromatic carbocycles. The highest BCUT2D eigenvalue weighted by Gasteiger charge is 2.23. The van der Waals surface area contributed by atoms with Crippen LogP contribution in [0.1, 0.15) is 15.9 Å². The van der Waals surface area contributed by atoms with Gasteiger partial charge in [0.05, 0.1) is 0 Å². The second kappa shape index (κ2) is 7.99. The molecule has 0 saturated carbocycles. The van der Waals surface area contributed by atoms with Crippen LogP contribution in [0.25, 0.3) is 6.08 Å². The molecule has 25 heavy (non-hydrogen) atoms. The molecule has 0 bridgehead atoms. The van der Waals surface area contributed by atoms with E-state index in [2.05, 4.69) is 0 Å². The standard InChI is InChI=1S/C20H19ClN2O2/c21-18-8-4-7-17(15-18)20(25)23-13-11-22(12-14-23)19(24)10-9-16-5-2-1-3-6-16/h1-10,15H,11-14H2/b10-9+. The summed E-state index contributed by atoms with van der Waals surface area (Å²) in [6.07, 6.45) is 3.40. The number of piperazine rings is 1. The van der Waals surface area contributed by atoms with Crippen molar-refractivity contribution in [2.45, 2.75) is 0 Å². The molecule has 4 nitrogen and oxygen atoms in total. The van der Waals surface area contributed by atoms with Gasteiger partial charge in [-0.3, -0.25) is 9.59 Å². The Labute approximate surface area is 152 Å². The number of halogens is 1. The van der Waals surface area contributed by atoms with Crippen molar-refractivity contribution in [2.75, 3.05) is 26.2 Å². The highest BCUT2D eigenvalue weighted by molar-refractivity contribution is 6.30. The molecule has 0 unspecified atom stereocenters. The summed E-state index contributed by atoms with van der Waals surface area (Å²) in [6.45, 7) is 2.11. The Morgan fingerprint density at radius 1 is 0.880 bits per heavy atom. The maximum absolute atomic E-state index is 12.5. The Morgan fingerprint density at radius 2 is 1.56 bits per heavy atom. The Morgan fingerprint density at radius 3 is 2.24 bits per heavy atom. The van der Waals surface area contributed by atoms with Gasteiger partial charge < -0.3 is 9.80 Å². The third-order valence-corrected chi connectivity index (χ3v) is 4.40. The minimum Gasteiger partial charge on any atom is -0.336 e. The van der Waals surface area contributed by atoms with E-state index in [1.54, 1.807) is 40.1 Å². The average molecular weight is 355 g/mol. The van der Waals surface area contributed by atoms with Crippen molar-refractivity contribution >= 4 is 29.5 Å². The molecule has 0 atom stereocenters. The Bertz CT molecular complexity index is 781. The number of benzene rings is 2. The van der Waals surface area contributed by atoms with E-state index in [-0.39, 0.29) is 11.8 Å². The second-order valence-electron chi connectivity index (χ2n) is 5.87. The summed E-state index contributed by atoms with van der Waals surface area (Å²) >= 11 is 5.95. The predicted octanol–water partition coefficient (Wildman–Crippen LogP) is 3.34. The minimum absolute atomic E-state index is 0.0290. The van der Waals surface area contributed by atoms with Crippen LogP contribution in [0.3, 0.4) is 0 Å². The Kier molecular flexibility index (Phi) is 5.51. The molecule has 0 aliphatic carbocycles. The van der Waals surface area contributed by atoms with Crippen LogP contribution in [-0.2, 0) is 4.79 Å². The first-order valence-electron chi connectivity index (χ1n) is 8.20. The molecule has 0 spiro atoms. The van der Waals surface area contributed by atoms with Crippen molar-refractivity contribution < 1.29 is 9.59 Å². The van der Waals surface area contributed by atoms with Gasteiger partial charge in [0.15, 0.2) is 0 Å². The molecule has 2 amide bonds. The third-order valence-electron chi connectivity index (χ3n) is 4.17. The van der Waals surface area contributed by atoms with Crippen LogP contribution in [0.5, 0.6) is 0 Å². The van der Waals surface area contributed by atoms with E-state index >= 15 is 0 Å². The number of amides is 2. The number of rotatable bonds is 3. The van der Waals surface area contributed by atoms with Gasteiger partial charge in [-0.2, -0.15) is 0 Å². The molecule has 5 heteroatoms. The lowest BCUT2D eigenvalue weighted by molar-refractivity contribution is -0.127. The van der Waals surface area contributed by atoms with Crippen molar-refractivity contribution in [3.63, 3.8) is 0 Å². The van der Waals surface area contributed by atoms with Crippen LogP contribution in [-0.4, -0.2) is 47.8 Å². The maximum atomic E-state index is 12.5. The van der Waals surface area contributed by atoms with Gasteiger partial charge in [-0.1, -0.05) is 48.0 Å². The molecule has 0 aromatic heterocycles. The van der Waals surface area contributed by atoms with Crippen LogP contribution in [0, 0.1) is 0 Å². The fourth-order valence-electron chi connectivity index (χ4n) is 2.77. The first-order chi connectivity index (χ1) is 12.1. The van der Waals surface area contributed by atoms with Crippen LogP contribution in [0.4, 0.5) is 0 Å². The van der Waals surface area contributed by atoms with Gasteiger partial charge in [-0.05, 0) is 29.8 Å². The van der Waals surface area contributed by atoms with Crippen molar-refractivity contribution in [1.29, 1.82) is 0 Å². The van der Waals surface area contributed by atoms with Crippen molar-refractivity contribution in [3.05, 3.63) is 76.8 Å². The normalized spacial score (nSPS) is 14.8. The van der Waals surface area contributed by atoms with E-state index in [0.29, 0.717) is 36.8 Å².